The Bertz CT molecular complexity index is 454. The first kappa shape index (κ1) is 28.8. The van der Waals surface area contributed by atoms with Crippen molar-refractivity contribution in [2.24, 2.45) is 11.8 Å². The number of alkyl halides is 10. The van der Waals surface area contributed by atoms with Gasteiger partial charge in [0.1, 0.15) is 5.54 Å². The second kappa shape index (κ2) is 11.4. The fourth-order valence-corrected chi connectivity index (χ4v) is 6.53. The summed E-state index contributed by atoms with van der Waals surface area (Å²) in [5.74, 6) is -7.68. The van der Waals surface area contributed by atoms with Crippen LogP contribution in [0.3, 0.4) is 0 Å². The van der Waals surface area contributed by atoms with Gasteiger partial charge in [-0.15, -0.1) is 11.6 Å². The minimum atomic E-state index is -5.86. The predicted molar refractivity (Wildman–Crippen MR) is 89.5 cm³/mol. The maximum atomic E-state index is 13.9. The van der Waals surface area contributed by atoms with Crippen molar-refractivity contribution in [3.63, 3.8) is 0 Å². The molecule has 0 aliphatic carbocycles. The molecule has 0 aromatic rings. The van der Waals surface area contributed by atoms with Crippen LogP contribution in [-0.2, 0) is 13.3 Å². The SMILES string of the molecule is CCO[Si](OCC)(OCC)C(C(C(CCCCl)C(F)(F)F)C(F)(F)F)C(F)(F)F. The molecular weight excluding hydrogens is 463 g/mol. The van der Waals surface area contributed by atoms with E-state index >= 15 is 0 Å². The first-order chi connectivity index (χ1) is 13.1. The molecule has 0 amide bonds. The molecule has 0 radical (unpaired) electrons. The molecule has 0 N–H and O–H groups in total. The summed E-state index contributed by atoms with van der Waals surface area (Å²) < 4.78 is 138. The Hall–Kier alpha value is -0.243. The van der Waals surface area contributed by atoms with Gasteiger partial charge in [-0.1, -0.05) is 0 Å². The van der Waals surface area contributed by atoms with Gasteiger partial charge >= 0.3 is 27.3 Å². The third-order valence-corrected chi connectivity index (χ3v) is 7.80. The first-order valence-corrected chi connectivity index (χ1v) is 11.1. The van der Waals surface area contributed by atoms with Crippen molar-refractivity contribution >= 4 is 20.4 Å². The Kier molecular flexibility index (Phi) is 11.3. The largest absolute Gasteiger partial charge is 0.514 e. The highest BCUT2D eigenvalue weighted by Crippen LogP contribution is 2.57. The van der Waals surface area contributed by atoms with E-state index in [9.17, 15) is 39.5 Å². The van der Waals surface area contributed by atoms with E-state index in [0.29, 0.717) is 0 Å². The number of hydrogen-bond donors (Lipinski definition) is 0. The van der Waals surface area contributed by atoms with Crippen molar-refractivity contribution in [1.82, 2.24) is 0 Å². The molecule has 3 nitrogen and oxygen atoms in total. The summed E-state index contributed by atoms with van der Waals surface area (Å²) in [6.07, 6.45) is -19.0. The molecule has 3 atom stereocenters. The average Bonchev–Trinajstić information content (AvgIpc) is 2.51. The van der Waals surface area contributed by atoms with Crippen LogP contribution < -0.4 is 0 Å². The molecule has 0 spiro atoms. The van der Waals surface area contributed by atoms with E-state index < -0.39 is 83.3 Å². The Balaban J connectivity index is 6.84. The molecule has 0 aliphatic heterocycles. The number of hydrogen-bond acceptors (Lipinski definition) is 3. The van der Waals surface area contributed by atoms with Crippen LogP contribution in [0.15, 0.2) is 0 Å². The lowest BCUT2D eigenvalue weighted by atomic mass is 9.84. The third kappa shape index (κ3) is 8.07. The van der Waals surface area contributed by atoms with Crippen LogP contribution in [0.5, 0.6) is 0 Å². The molecule has 14 heteroatoms. The first-order valence-electron chi connectivity index (χ1n) is 8.80. The van der Waals surface area contributed by atoms with Gasteiger partial charge < -0.3 is 13.3 Å². The zero-order valence-electron chi connectivity index (χ0n) is 16.0. The molecule has 176 valence electrons. The van der Waals surface area contributed by atoms with E-state index in [1.165, 1.54) is 20.8 Å². The second-order valence-electron chi connectivity index (χ2n) is 5.97. The van der Waals surface area contributed by atoms with E-state index in [1.807, 2.05) is 0 Å². The molecule has 0 fully saturated rings. The van der Waals surface area contributed by atoms with E-state index in [-0.39, 0.29) is 0 Å². The van der Waals surface area contributed by atoms with Gasteiger partial charge in [-0.05, 0) is 33.6 Å². The van der Waals surface area contributed by atoms with Gasteiger partial charge in [-0.25, -0.2) is 0 Å². The van der Waals surface area contributed by atoms with Gasteiger partial charge in [-0.2, -0.15) is 39.5 Å². The molecular formula is C15H24ClF9O3Si. The topological polar surface area (TPSA) is 27.7 Å². The van der Waals surface area contributed by atoms with E-state index in [0.717, 1.165) is 0 Å². The molecule has 0 bridgehead atoms. The molecule has 0 aliphatic rings. The van der Waals surface area contributed by atoms with Crippen LogP contribution in [0.4, 0.5) is 39.5 Å². The summed E-state index contributed by atoms with van der Waals surface area (Å²) in [5.41, 5.74) is -3.66. The lowest BCUT2D eigenvalue weighted by Crippen LogP contribution is -2.61. The molecule has 0 saturated heterocycles. The van der Waals surface area contributed by atoms with E-state index in [1.54, 1.807) is 0 Å². The normalized spacial score (nSPS) is 17.3. The van der Waals surface area contributed by atoms with Crippen molar-refractivity contribution in [3.8, 4) is 0 Å². The summed E-state index contributed by atoms with van der Waals surface area (Å²) in [4.78, 5) is 0. The summed E-state index contributed by atoms with van der Waals surface area (Å²) in [5, 5.41) is 0. The van der Waals surface area contributed by atoms with Crippen LogP contribution in [-0.4, -0.2) is 53.0 Å². The van der Waals surface area contributed by atoms with Gasteiger partial charge in [0.15, 0.2) is 0 Å². The van der Waals surface area contributed by atoms with Crippen LogP contribution in [0.25, 0.3) is 0 Å². The lowest BCUT2D eigenvalue weighted by Gasteiger charge is -2.43. The Morgan fingerprint density at radius 1 is 0.724 bits per heavy atom. The van der Waals surface area contributed by atoms with Crippen molar-refractivity contribution in [2.45, 2.75) is 57.7 Å². The predicted octanol–water partition coefficient (Wildman–Crippen LogP) is 6.34. The molecule has 0 aromatic carbocycles. The summed E-state index contributed by atoms with van der Waals surface area (Å²) in [7, 11) is -5.29. The zero-order valence-corrected chi connectivity index (χ0v) is 17.7. The van der Waals surface area contributed by atoms with Gasteiger partial charge in [0.2, 0.25) is 0 Å². The van der Waals surface area contributed by atoms with Crippen LogP contribution in [0.2, 0.25) is 5.54 Å². The summed E-state index contributed by atoms with van der Waals surface area (Å²) in [6, 6.07) is 0. The number of halogens is 10. The third-order valence-electron chi connectivity index (χ3n) is 4.01. The molecule has 0 rings (SSSR count). The number of rotatable bonds is 12. The molecule has 0 aromatic heterocycles. The van der Waals surface area contributed by atoms with Gasteiger partial charge in [0.05, 0.1) is 11.8 Å². The minimum absolute atomic E-state index is 0.446. The summed E-state index contributed by atoms with van der Waals surface area (Å²) >= 11 is 5.29. The highest BCUT2D eigenvalue weighted by atomic mass is 35.5. The Labute approximate surface area is 169 Å². The summed E-state index contributed by atoms with van der Waals surface area (Å²) in [6.45, 7) is 1.94. The van der Waals surface area contributed by atoms with Gasteiger partial charge in [0.25, 0.3) is 0 Å². The molecule has 29 heavy (non-hydrogen) atoms. The standard InChI is InChI=1S/C15H24ClF9O3Si/c1-4-26-29(27-5-2,28-6-3)12(15(23,24)25)11(14(20,21)22)10(8-7-9-16)13(17,18)19/h10-12H,4-9H2,1-3H3. The molecule has 3 unspecified atom stereocenters. The highest BCUT2D eigenvalue weighted by Gasteiger charge is 2.73. The Morgan fingerprint density at radius 3 is 1.38 bits per heavy atom. The fraction of sp³-hybridized carbons (Fsp3) is 1.00. The quantitative estimate of drug-likeness (QED) is 0.183. The van der Waals surface area contributed by atoms with Crippen molar-refractivity contribution in [2.75, 3.05) is 25.7 Å². The second-order valence-corrected chi connectivity index (χ2v) is 9.04. The zero-order chi connectivity index (χ0) is 23.1. The van der Waals surface area contributed by atoms with Gasteiger partial charge in [-0.3, -0.25) is 0 Å². The smallest absolute Gasteiger partial charge is 0.373 e. The maximum absolute atomic E-state index is 13.9. The van der Waals surface area contributed by atoms with Crippen LogP contribution in [0.1, 0.15) is 33.6 Å². The van der Waals surface area contributed by atoms with E-state index in [4.69, 9.17) is 24.9 Å². The molecule has 0 saturated carbocycles. The monoisotopic (exact) mass is 486 g/mol. The van der Waals surface area contributed by atoms with E-state index in [2.05, 4.69) is 0 Å². The highest BCUT2D eigenvalue weighted by molar-refractivity contribution is 6.62. The van der Waals surface area contributed by atoms with Crippen molar-refractivity contribution < 1.29 is 52.8 Å². The molecule has 0 heterocycles. The lowest BCUT2D eigenvalue weighted by molar-refractivity contribution is -0.283. The fourth-order valence-electron chi connectivity index (χ4n) is 3.12. The maximum Gasteiger partial charge on any atom is 0.514 e. The van der Waals surface area contributed by atoms with Crippen molar-refractivity contribution in [1.29, 1.82) is 0 Å². The average molecular weight is 487 g/mol. The van der Waals surface area contributed by atoms with Crippen molar-refractivity contribution in [3.05, 3.63) is 0 Å². The van der Waals surface area contributed by atoms with Crippen LogP contribution >= 0.6 is 11.6 Å². The van der Waals surface area contributed by atoms with Gasteiger partial charge in [0, 0.05) is 25.7 Å². The minimum Gasteiger partial charge on any atom is -0.373 e. The van der Waals surface area contributed by atoms with Crippen LogP contribution in [0, 0.1) is 11.8 Å². The Morgan fingerprint density at radius 2 is 1.14 bits per heavy atom.